The van der Waals surface area contributed by atoms with Crippen molar-refractivity contribution in [2.75, 3.05) is 11.7 Å². The Morgan fingerprint density at radius 2 is 2.20 bits per heavy atom. The van der Waals surface area contributed by atoms with E-state index in [1.54, 1.807) is 0 Å². The zero-order valence-electron chi connectivity index (χ0n) is 10.8. The van der Waals surface area contributed by atoms with E-state index < -0.39 is 15.7 Å². The number of benzene rings is 1. The van der Waals surface area contributed by atoms with Crippen molar-refractivity contribution < 1.29 is 12.8 Å². The molecule has 0 aliphatic rings. The maximum Gasteiger partial charge on any atom is 0.203 e. The van der Waals surface area contributed by atoms with Crippen molar-refractivity contribution in [1.29, 1.82) is 0 Å². The third kappa shape index (κ3) is 3.61. The quantitative estimate of drug-likeness (QED) is 0.695. The highest BCUT2D eigenvalue weighted by molar-refractivity contribution is 7.90. The number of halogens is 1. The number of hydrogen-bond acceptors (Lipinski definition) is 6. The summed E-state index contributed by atoms with van der Waals surface area (Å²) >= 11 is 1.40. The van der Waals surface area contributed by atoms with Gasteiger partial charge in [-0.3, -0.25) is 5.43 Å². The third-order valence-electron chi connectivity index (χ3n) is 2.35. The molecule has 0 bridgehead atoms. The molecular weight excluding hydrogens is 301 g/mol. The second-order valence-electron chi connectivity index (χ2n) is 4.13. The van der Waals surface area contributed by atoms with Gasteiger partial charge in [0, 0.05) is 11.6 Å². The Bertz CT molecular complexity index is 754. The van der Waals surface area contributed by atoms with Gasteiger partial charge < -0.3 is 0 Å². The molecule has 0 radical (unpaired) electrons. The first-order chi connectivity index (χ1) is 9.36. The molecule has 2 rings (SSSR count). The van der Waals surface area contributed by atoms with Crippen LogP contribution >= 0.6 is 11.3 Å². The van der Waals surface area contributed by atoms with E-state index in [9.17, 15) is 12.8 Å². The van der Waals surface area contributed by atoms with E-state index >= 15 is 0 Å². The average molecular weight is 313 g/mol. The van der Waals surface area contributed by atoms with Crippen LogP contribution in [-0.2, 0) is 9.84 Å². The Hall–Kier alpha value is -1.80. The summed E-state index contributed by atoms with van der Waals surface area (Å²) in [7, 11) is -3.55. The van der Waals surface area contributed by atoms with Crippen molar-refractivity contribution in [1.82, 2.24) is 4.98 Å². The normalized spacial score (nSPS) is 11.9. The Labute approximate surface area is 120 Å². The molecule has 0 saturated heterocycles. The minimum atomic E-state index is -3.55. The number of nitrogens with zero attached hydrogens (tertiary/aromatic N) is 2. The van der Waals surface area contributed by atoms with Crippen LogP contribution in [0.2, 0.25) is 0 Å². The van der Waals surface area contributed by atoms with Crippen LogP contribution in [0.4, 0.5) is 9.52 Å². The van der Waals surface area contributed by atoms with Gasteiger partial charge in [-0.05, 0) is 24.6 Å². The summed E-state index contributed by atoms with van der Waals surface area (Å²) < 4.78 is 36.2. The number of sulfone groups is 1. The fourth-order valence-corrected chi connectivity index (χ4v) is 2.83. The molecule has 20 heavy (non-hydrogen) atoms. The zero-order valence-corrected chi connectivity index (χ0v) is 12.4. The van der Waals surface area contributed by atoms with Gasteiger partial charge in [0.05, 0.1) is 11.9 Å². The predicted octanol–water partition coefficient (Wildman–Crippen LogP) is 2.44. The van der Waals surface area contributed by atoms with Gasteiger partial charge in [-0.2, -0.15) is 5.10 Å². The number of hydrogen-bond donors (Lipinski definition) is 1. The van der Waals surface area contributed by atoms with Crippen molar-refractivity contribution in [2.45, 2.75) is 11.8 Å². The summed E-state index contributed by atoms with van der Waals surface area (Å²) in [5.41, 5.74) is 4.05. The highest BCUT2D eigenvalue weighted by Gasteiger charge is 2.13. The smallest absolute Gasteiger partial charge is 0.203 e. The van der Waals surface area contributed by atoms with Gasteiger partial charge in [0.2, 0.25) is 5.13 Å². The van der Waals surface area contributed by atoms with E-state index in [0.717, 1.165) is 18.0 Å². The fourth-order valence-electron chi connectivity index (χ4n) is 1.47. The van der Waals surface area contributed by atoms with Gasteiger partial charge in [0.25, 0.3) is 0 Å². The Morgan fingerprint density at radius 3 is 2.75 bits per heavy atom. The van der Waals surface area contributed by atoms with E-state index in [4.69, 9.17) is 0 Å². The molecule has 2 aromatic rings. The van der Waals surface area contributed by atoms with Gasteiger partial charge in [-0.1, -0.05) is 6.07 Å². The van der Waals surface area contributed by atoms with Crippen LogP contribution < -0.4 is 5.43 Å². The standard InChI is InChI=1S/C12H12FN3O2S2/c1-8-7-19-12(15-8)16-14-6-9-3-4-11(10(13)5-9)20(2,17)18/h3-7H,1-2H3,(H,15,16). The molecule has 0 saturated carbocycles. The molecule has 0 aliphatic heterocycles. The Kier molecular flexibility index (Phi) is 4.15. The van der Waals surface area contributed by atoms with Crippen LogP contribution in [0.15, 0.2) is 33.6 Å². The lowest BCUT2D eigenvalue weighted by Gasteiger charge is -2.01. The maximum atomic E-state index is 13.6. The molecule has 0 fully saturated rings. The van der Waals surface area contributed by atoms with Gasteiger partial charge in [0.15, 0.2) is 9.84 Å². The van der Waals surface area contributed by atoms with Crippen molar-refractivity contribution in [3.8, 4) is 0 Å². The molecule has 0 spiro atoms. The van der Waals surface area contributed by atoms with Crippen LogP contribution in [0, 0.1) is 12.7 Å². The van der Waals surface area contributed by atoms with E-state index in [-0.39, 0.29) is 4.90 Å². The second-order valence-corrected chi connectivity index (χ2v) is 6.97. The summed E-state index contributed by atoms with van der Waals surface area (Å²) in [4.78, 5) is 3.82. The zero-order chi connectivity index (χ0) is 14.8. The minimum absolute atomic E-state index is 0.321. The molecule has 5 nitrogen and oxygen atoms in total. The first-order valence-corrected chi connectivity index (χ1v) is 8.34. The summed E-state index contributed by atoms with van der Waals surface area (Å²) in [5.74, 6) is -0.790. The van der Waals surface area contributed by atoms with Gasteiger partial charge in [-0.15, -0.1) is 11.3 Å². The van der Waals surface area contributed by atoms with E-state index in [1.165, 1.54) is 29.7 Å². The van der Waals surface area contributed by atoms with Crippen LogP contribution in [0.3, 0.4) is 0 Å². The average Bonchev–Trinajstić information content (AvgIpc) is 2.73. The minimum Gasteiger partial charge on any atom is -0.253 e. The number of nitrogens with one attached hydrogen (secondary N) is 1. The monoisotopic (exact) mass is 313 g/mol. The first kappa shape index (κ1) is 14.6. The fraction of sp³-hybridized carbons (Fsp3) is 0.167. The lowest BCUT2D eigenvalue weighted by Crippen LogP contribution is -2.01. The highest BCUT2D eigenvalue weighted by atomic mass is 32.2. The Balaban J connectivity index is 2.13. The number of aryl methyl sites for hydroxylation is 1. The van der Waals surface area contributed by atoms with Crippen LogP contribution in [-0.4, -0.2) is 25.9 Å². The topological polar surface area (TPSA) is 71.4 Å². The number of hydrazone groups is 1. The molecule has 1 aromatic heterocycles. The number of aromatic nitrogens is 1. The van der Waals surface area contributed by atoms with Gasteiger partial charge >= 0.3 is 0 Å². The first-order valence-electron chi connectivity index (χ1n) is 5.57. The molecule has 106 valence electrons. The molecule has 0 aliphatic carbocycles. The lowest BCUT2D eigenvalue weighted by molar-refractivity contribution is 0.570. The summed E-state index contributed by atoms with van der Waals surface area (Å²) in [6.07, 6.45) is 2.36. The Morgan fingerprint density at radius 1 is 1.45 bits per heavy atom. The molecule has 1 aromatic carbocycles. The number of rotatable bonds is 4. The van der Waals surface area contributed by atoms with Crippen molar-refractivity contribution >= 4 is 32.5 Å². The van der Waals surface area contributed by atoms with Gasteiger partial charge in [0.1, 0.15) is 10.7 Å². The van der Waals surface area contributed by atoms with Gasteiger partial charge in [-0.25, -0.2) is 17.8 Å². The molecule has 8 heteroatoms. The highest BCUT2D eigenvalue weighted by Crippen LogP contribution is 2.16. The summed E-state index contributed by atoms with van der Waals surface area (Å²) in [6, 6.07) is 3.83. The molecular formula is C12H12FN3O2S2. The molecule has 1 N–H and O–H groups in total. The van der Waals surface area contributed by atoms with Crippen LogP contribution in [0.5, 0.6) is 0 Å². The predicted molar refractivity (Wildman–Crippen MR) is 77.6 cm³/mol. The van der Waals surface area contributed by atoms with Crippen molar-refractivity contribution in [3.63, 3.8) is 0 Å². The summed E-state index contributed by atoms with van der Waals surface area (Å²) in [5, 5.41) is 6.42. The maximum absolute atomic E-state index is 13.6. The second kappa shape index (κ2) is 5.68. The van der Waals surface area contributed by atoms with Crippen molar-refractivity contribution in [3.05, 3.63) is 40.7 Å². The van der Waals surface area contributed by atoms with Crippen LogP contribution in [0.1, 0.15) is 11.3 Å². The van der Waals surface area contributed by atoms with Crippen LogP contribution in [0.25, 0.3) is 0 Å². The van der Waals surface area contributed by atoms with E-state index in [1.807, 2.05) is 12.3 Å². The summed E-state index contributed by atoms with van der Waals surface area (Å²) in [6.45, 7) is 1.87. The SMILES string of the molecule is Cc1csc(NN=Cc2ccc(S(C)(=O)=O)c(F)c2)n1. The molecule has 0 unspecified atom stereocenters. The molecule has 1 heterocycles. The lowest BCUT2D eigenvalue weighted by atomic mass is 10.2. The third-order valence-corrected chi connectivity index (χ3v) is 4.34. The van der Waals surface area contributed by atoms with Crippen molar-refractivity contribution in [2.24, 2.45) is 5.10 Å². The molecule has 0 atom stereocenters. The number of anilines is 1. The number of thiazole rings is 1. The van der Waals surface area contributed by atoms with E-state index in [2.05, 4.69) is 15.5 Å². The largest absolute Gasteiger partial charge is 0.253 e. The molecule has 0 amide bonds. The van der Waals surface area contributed by atoms with E-state index in [0.29, 0.717) is 10.7 Å².